The predicted octanol–water partition coefficient (Wildman–Crippen LogP) is 6.52. The molecule has 1 N–H and O–H groups in total. The molecule has 0 saturated heterocycles. The number of hydrogen-bond donors (Lipinski definition) is 1. The molecule has 5 nitrogen and oxygen atoms in total. The second-order valence-electron chi connectivity index (χ2n) is 11.0. The maximum Gasteiger partial charge on any atom is 0.306 e. The quantitative estimate of drug-likeness (QED) is 0.307. The van der Waals surface area contributed by atoms with Gasteiger partial charge in [0.15, 0.2) is 5.78 Å². The van der Waals surface area contributed by atoms with E-state index in [9.17, 15) is 14.7 Å². The van der Waals surface area contributed by atoms with Gasteiger partial charge in [-0.05, 0) is 78.3 Å². The van der Waals surface area contributed by atoms with Gasteiger partial charge in [-0.3, -0.25) is 14.3 Å². The number of carboxylic acid groups (broad SMARTS) is 1. The molecule has 0 unspecified atom stereocenters. The van der Waals surface area contributed by atoms with E-state index in [4.69, 9.17) is 0 Å². The molecule has 2 fully saturated rings. The van der Waals surface area contributed by atoms with Crippen molar-refractivity contribution in [2.45, 2.75) is 45.6 Å². The van der Waals surface area contributed by atoms with Crippen molar-refractivity contribution in [1.29, 1.82) is 0 Å². The minimum atomic E-state index is -0.676. The Morgan fingerprint density at radius 1 is 0.972 bits per heavy atom. The Kier molecular flexibility index (Phi) is 5.51. The summed E-state index contributed by atoms with van der Waals surface area (Å²) in [5.74, 6) is -0.344. The summed E-state index contributed by atoms with van der Waals surface area (Å²) in [4.78, 5) is 24.6. The third kappa shape index (κ3) is 4.13. The van der Waals surface area contributed by atoms with Crippen LogP contribution < -0.4 is 0 Å². The van der Waals surface area contributed by atoms with Crippen molar-refractivity contribution >= 4 is 22.7 Å². The van der Waals surface area contributed by atoms with Gasteiger partial charge in [0.2, 0.25) is 0 Å². The average Bonchev–Trinajstić information content (AvgIpc) is 3.22. The van der Waals surface area contributed by atoms with E-state index in [-0.39, 0.29) is 17.1 Å². The molecular formula is C31H30N2O3. The fourth-order valence-corrected chi connectivity index (χ4v) is 6.50. The van der Waals surface area contributed by atoms with Gasteiger partial charge in [-0.25, -0.2) is 0 Å². The number of benzene rings is 3. The van der Waals surface area contributed by atoms with E-state index in [0.717, 1.165) is 53.3 Å². The zero-order chi connectivity index (χ0) is 24.9. The number of carbonyl (C=O) groups is 2. The third-order valence-electron chi connectivity index (χ3n) is 8.20. The van der Waals surface area contributed by atoms with Gasteiger partial charge < -0.3 is 5.11 Å². The second kappa shape index (κ2) is 8.74. The number of carbonyl (C=O) groups excluding carboxylic acids is 1. The fourth-order valence-electron chi connectivity index (χ4n) is 6.50. The zero-order valence-electron chi connectivity index (χ0n) is 20.5. The molecule has 5 heteroatoms. The average molecular weight is 479 g/mol. The van der Waals surface area contributed by atoms with E-state index in [2.05, 4.69) is 47.6 Å². The molecule has 0 aliphatic heterocycles. The summed E-state index contributed by atoms with van der Waals surface area (Å²) in [6.45, 7) is 2.62. The first-order valence-corrected chi connectivity index (χ1v) is 12.8. The van der Waals surface area contributed by atoms with E-state index in [1.807, 2.05) is 42.1 Å². The number of aliphatic carboxylic acids is 1. The highest BCUT2D eigenvalue weighted by Crippen LogP contribution is 2.62. The molecular weight excluding hydrogens is 448 g/mol. The van der Waals surface area contributed by atoms with E-state index in [1.54, 1.807) is 0 Å². The van der Waals surface area contributed by atoms with Crippen LogP contribution >= 0.6 is 0 Å². The van der Waals surface area contributed by atoms with Crippen molar-refractivity contribution in [3.63, 3.8) is 0 Å². The molecule has 1 aromatic heterocycles. The van der Waals surface area contributed by atoms with Gasteiger partial charge in [-0.15, -0.1) is 0 Å². The minimum absolute atomic E-state index is 0.166. The number of Topliss-reactive ketones (excluding diaryl/α,β-unsaturated/α-hetero) is 1. The molecule has 0 bridgehead atoms. The molecule has 1 spiro atoms. The van der Waals surface area contributed by atoms with E-state index in [1.165, 1.54) is 11.1 Å². The van der Waals surface area contributed by atoms with Gasteiger partial charge in [-0.2, -0.15) is 5.10 Å². The Morgan fingerprint density at radius 3 is 2.36 bits per heavy atom. The summed E-state index contributed by atoms with van der Waals surface area (Å²) in [6.07, 6.45) is 5.88. The lowest BCUT2D eigenvalue weighted by Crippen LogP contribution is -2.50. The van der Waals surface area contributed by atoms with Crippen LogP contribution in [0.1, 0.15) is 53.6 Å². The van der Waals surface area contributed by atoms with Crippen LogP contribution in [-0.4, -0.2) is 26.6 Å². The predicted molar refractivity (Wildman–Crippen MR) is 140 cm³/mol. The third-order valence-corrected chi connectivity index (χ3v) is 8.20. The minimum Gasteiger partial charge on any atom is -0.481 e. The van der Waals surface area contributed by atoms with Crippen molar-refractivity contribution in [2.75, 3.05) is 0 Å². The molecule has 3 aromatic carbocycles. The largest absolute Gasteiger partial charge is 0.481 e. The lowest BCUT2D eigenvalue weighted by atomic mass is 9.47. The maximum absolute atomic E-state index is 13.5. The highest BCUT2D eigenvalue weighted by Gasteiger charge is 2.54. The van der Waals surface area contributed by atoms with Crippen LogP contribution in [0.4, 0.5) is 0 Å². The topological polar surface area (TPSA) is 72.2 Å². The Morgan fingerprint density at radius 2 is 1.67 bits per heavy atom. The Hall–Kier alpha value is -3.73. The van der Waals surface area contributed by atoms with Gasteiger partial charge in [-0.1, -0.05) is 54.6 Å². The van der Waals surface area contributed by atoms with Crippen molar-refractivity contribution in [2.24, 2.45) is 17.3 Å². The molecule has 2 aliphatic rings. The van der Waals surface area contributed by atoms with E-state index in [0.29, 0.717) is 18.9 Å². The van der Waals surface area contributed by atoms with Crippen molar-refractivity contribution in [3.05, 3.63) is 89.6 Å². The van der Waals surface area contributed by atoms with Crippen molar-refractivity contribution < 1.29 is 14.7 Å². The van der Waals surface area contributed by atoms with Crippen molar-refractivity contribution in [1.82, 2.24) is 9.78 Å². The fraction of sp³-hybridized carbons (Fsp3) is 0.323. The van der Waals surface area contributed by atoms with Gasteiger partial charge in [0, 0.05) is 17.4 Å². The lowest BCUT2D eigenvalue weighted by Gasteiger charge is -2.56. The van der Waals surface area contributed by atoms with E-state index >= 15 is 0 Å². The van der Waals surface area contributed by atoms with E-state index < -0.39 is 5.97 Å². The first kappa shape index (κ1) is 22.7. The molecule has 36 heavy (non-hydrogen) atoms. The number of aromatic nitrogens is 2. The SMILES string of the molecule is Cc1cc(C(=O)CC2CC3(C2)CC(C(=O)O)C3)c2c(cnn2Cc2ccc(-c3ccccc3)cc2)c1. The van der Waals surface area contributed by atoms with Crippen LogP contribution in [0.25, 0.3) is 22.0 Å². The van der Waals surface area contributed by atoms with Crippen LogP contribution in [0.2, 0.25) is 0 Å². The standard InChI is InChI=1S/C31H30N2O3/c1-20-11-25-18-32-33(19-21-7-9-24(10-8-21)23-5-3-2-4-6-23)29(25)27(12-20)28(34)13-22-14-31(15-22)16-26(17-31)30(35)36/h2-12,18,22,26H,13-17,19H2,1H3,(H,35,36). The first-order chi connectivity index (χ1) is 17.4. The van der Waals surface area contributed by atoms with Gasteiger partial charge >= 0.3 is 5.97 Å². The Bertz CT molecular complexity index is 1440. The second-order valence-corrected chi connectivity index (χ2v) is 11.0. The zero-order valence-corrected chi connectivity index (χ0v) is 20.5. The van der Waals surface area contributed by atoms with Gasteiger partial charge in [0.1, 0.15) is 0 Å². The molecule has 0 atom stereocenters. The van der Waals surface area contributed by atoms with Crippen LogP contribution in [0.5, 0.6) is 0 Å². The molecule has 2 aliphatic carbocycles. The highest BCUT2D eigenvalue weighted by atomic mass is 16.4. The normalized spacial score (nSPS) is 22.8. The summed E-state index contributed by atoms with van der Waals surface area (Å²) in [5.41, 5.74) is 6.40. The summed E-state index contributed by atoms with van der Waals surface area (Å²) in [5, 5.41) is 14.8. The van der Waals surface area contributed by atoms with Gasteiger partial charge in [0.05, 0.1) is 24.2 Å². The maximum atomic E-state index is 13.5. The number of carboxylic acids is 1. The Balaban J connectivity index is 1.19. The number of hydrogen-bond acceptors (Lipinski definition) is 3. The summed E-state index contributed by atoms with van der Waals surface area (Å²) in [7, 11) is 0. The molecule has 182 valence electrons. The number of ketones is 1. The van der Waals surface area contributed by atoms with Crippen LogP contribution in [0.15, 0.2) is 72.9 Å². The number of fused-ring (bicyclic) bond motifs is 1. The van der Waals surface area contributed by atoms with Crippen LogP contribution in [-0.2, 0) is 11.3 Å². The molecule has 2 saturated carbocycles. The number of aryl methyl sites for hydroxylation is 1. The first-order valence-electron chi connectivity index (χ1n) is 12.8. The molecule has 6 rings (SSSR count). The molecule has 0 radical (unpaired) electrons. The molecule has 0 amide bonds. The van der Waals surface area contributed by atoms with Crippen LogP contribution in [0.3, 0.4) is 0 Å². The highest BCUT2D eigenvalue weighted by molar-refractivity contribution is 6.07. The number of nitrogens with zero attached hydrogens (tertiary/aromatic N) is 2. The summed E-state index contributed by atoms with van der Waals surface area (Å²) < 4.78 is 1.95. The van der Waals surface area contributed by atoms with Crippen molar-refractivity contribution in [3.8, 4) is 11.1 Å². The Labute approximate surface area is 210 Å². The number of rotatable bonds is 7. The molecule has 1 heterocycles. The smallest absolute Gasteiger partial charge is 0.306 e. The molecule has 4 aromatic rings. The monoisotopic (exact) mass is 478 g/mol. The van der Waals surface area contributed by atoms with Crippen LogP contribution in [0, 0.1) is 24.2 Å². The van der Waals surface area contributed by atoms with Gasteiger partial charge in [0.25, 0.3) is 0 Å². The summed E-state index contributed by atoms with van der Waals surface area (Å²) in [6, 6.07) is 22.9. The lowest BCUT2D eigenvalue weighted by molar-refractivity contribution is -0.157. The summed E-state index contributed by atoms with van der Waals surface area (Å²) >= 11 is 0.